The maximum Gasteiger partial charge on any atom is 0.275 e. The minimum Gasteiger partial charge on any atom is -1.00 e. The Balaban J connectivity index is 0.00000729. The van der Waals surface area contributed by atoms with Crippen LogP contribution in [0.5, 0.6) is 5.75 Å². The summed E-state index contributed by atoms with van der Waals surface area (Å²) in [5.41, 5.74) is 2.51. The number of hydrogen-bond acceptors (Lipinski definition) is 2. The summed E-state index contributed by atoms with van der Waals surface area (Å²) < 4.78 is 6.79. The number of nitrogens with one attached hydrogen (secondary N) is 1. The van der Waals surface area contributed by atoms with Gasteiger partial charge in [-0.25, -0.2) is 0 Å². The number of nitrogens with zero attached hydrogens (tertiary/aromatic N) is 1. The van der Waals surface area contributed by atoms with Gasteiger partial charge in [0.2, 0.25) is 0 Å². The lowest BCUT2D eigenvalue weighted by molar-refractivity contribution is -0.882. The molecule has 0 fully saturated rings. The summed E-state index contributed by atoms with van der Waals surface area (Å²) in [5.74, 6) is 1.64. The Morgan fingerprint density at radius 1 is 1.14 bits per heavy atom. The predicted molar refractivity (Wildman–Crippen MR) is 114 cm³/mol. The predicted octanol–water partition coefficient (Wildman–Crippen LogP) is 1.66. The number of hydrogen-bond donors (Lipinski definition) is 1. The Morgan fingerprint density at radius 2 is 1.86 bits per heavy atom. The number of aryl methyl sites for hydroxylation is 1. The van der Waals surface area contributed by atoms with Gasteiger partial charge in [0, 0.05) is 6.54 Å². The molecule has 0 saturated carbocycles. The van der Waals surface area contributed by atoms with E-state index in [0.717, 1.165) is 49.2 Å². The van der Waals surface area contributed by atoms with Gasteiger partial charge in [0.1, 0.15) is 5.75 Å². The van der Waals surface area contributed by atoms with Gasteiger partial charge in [-0.05, 0) is 49.3 Å². The molecule has 0 heterocycles. The number of quaternary nitrogens is 1. The molecule has 0 spiro atoms. The minimum atomic E-state index is 0. The number of benzene rings is 1. The molecular formula is C23H41BrN2O2. The third kappa shape index (κ3) is 11.1. The molecule has 0 aromatic heterocycles. The number of amides is 1. The van der Waals surface area contributed by atoms with Gasteiger partial charge < -0.3 is 31.5 Å². The molecule has 0 unspecified atom stereocenters. The van der Waals surface area contributed by atoms with Crippen molar-refractivity contribution in [2.75, 3.05) is 40.3 Å². The van der Waals surface area contributed by atoms with Crippen LogP contribution in [0, 0.1) is 6.92 Å². The standard InChI is InChI=1S/C23H40N2O2.BrH/c1-7-8-9-14-24-23(26)18-25(5,6)15-10-11-16-27-22-17-20(4)12-13-21(22)19(2)3;/h12-13,17,19H,7-11,14-16,18H2,1-6H3;1H. The molecule has 0 aliphatic rings. The minimum absolute atomic E-state index is 0. The first-order chi connectivity index (χ1) is 12.7. The van der Waals surface area contributed by atoms with Gasteiger partial charge in [0.05, 0.1) is 27.2 Å². The zero-order valence-corrected chi connectivity index (χ0v) is 20.4. The van der Waals surface area contributed by atoms with Gasteiger partial charge in [-0.1, -0.05) is 45.7 Å². The number of ether oxygens (including phenoxy) is 1. The van der Waals surface area contributed by atoms with Gasteiger partial charge >= 0.3 is 0 Å². The van der Waals surface area contributed by atoms with E-state index >= 15 is 0 Å². The SMILES string of the molecule is CCCCCNC(=O)C[N+](C)(C)CCCCOc1cc(C)ccc1C(C)C.[Br-]. The molecule has 1 N–H and O–H groups in total. The van der Waals surface area contributed by atoms with Gasteiger partial charge in [-0.15, -0.1) is 0 Å². The van der Waals surface area contributed by atoms with Crippen LogP contribution < -0.4 is 27.0 Å². The maximum atomic E-state index is 12.1. The molecule has 0 atom stereocenters. The van der Waals surface area contributed by atoms with E-state index in [-0.39, 0.29) is 22.9 Å². The monoisotopic (exact) mass is 456 g/mol. The summed E-state index contributed by atoms with van der Waals surface area (Å²) in [6.07, 6.45) is 5.49. The zero-order chi connectivity index (χ0) is 20.3. The fourth-order valence-electron chi connectivity index (χ4n) is 3.19. The summed E-state index contributed by atoms with van der Waals surface area (Å²) >= 11 is 0. The van der Waals surface area contributed by atoms with E-state index in [4.69, 9.17) is 4.74 Å². The highest BCUT2D eigenvalue weighted by Crippen LogP contribution is 2.27. The maximum absolute atomic E-state index is 12.1. The van der Waals surface area contributed by atoms with Crippen molar-refractivity contribution in [2.24, 2.45) is 0 Å². The molecule has 0 aliphatic carbocycles. The highest BCUT2D eigenvalue weighted by Gasteiger charge is 2.19. The van der Waals surface area contributed by atoms with E-state index in [9.17, 15) is 4.79 Å². The number of unbranched alkanes of at least 4 members (excludes halogenated alkanes) is 3. The molecule has 1 rings (SSSR count). The van der Waals surface area contributed by atoms with Crippen molar-refractivity contribution >= 4 is 5.91 Å². The van der Waals surface area contributed by atoms with Crippen molar-refractivity contribution in [3.63, 3.8) is 0 Å². The molecule has 0 saturated heterocycles. The summed E-state index contributed by atoms with van der Waals surface area (Å²) in [5, 5.41) is 3.04. The van der Waals surface area contributed by atoms with Crippen molar-refractivity contribution in [3.05, 3.63) is 29.3 Å². The second kappa shape index (κ2) is 14.0. The summed E-state index contributed by atoms with van der Waals surface area (Å²) in [6.45, 7) is 11.7. The van der Waals surface area contributed by atoms with E-state index in [2.05, 4.69) is 65.3 Å². The smallest absolute Gasteiger partial charge is 0.275 e. The first-order valence-electron chi connectivity index (χ1n) is 10.6. The fourth-order valence-corrected chi connectivity index (χ4v) is 3.19. The summed E-state index contributed by atoms with van der Waals surface area (Å²) in [6, 6.07) is 6.46. The molecule has 1 aromatic rings. The van der Waals surface area contributed by atoms with E-state index in [1.165, 1.54) is 24.0 Å². The molecule has 28 heavy (non-hydrogen) atoms. The third-order valence-corrected chi connectivity index (χ3v) is 4.88. The lowest BCUT2D eigenvalue weighted by Gasteiger charge is -2.29. The van der Waals surface area contributed by atoms with E-state index in [1.54, 1.807) is 0 Å². The molecule has 0 radical (unpaired) electrons. The van der Waals surface area contributed by atoms with Crippen LogP contribution in [0.4, 0.5) is 0 Å². The van der Waals surface area contributed by atoms with Gasteiger partial charge in [-0.3, -0.25) is 4.79 Å². The van der Waals surface area contributed by atoms with Crippen molar-refractivity contribution in [1.29, 1.82) is 0 Å². The highest BCUT2D eigenvalue weighted by atomic mass is 79.9. The summed E-state index contributed by atoms with van der Waals surface area (Å²) in [7, 11) is 4.26. The number of halogens is 1. The fraction of sp³-hybridized carbons (Fsp3) is 0.696. The van der Waals surface area contributed by atoms with E-state index in [0.29, 0.717) is 12.5 Å². The van der Waals surface area contributed by atoms with Crippen molar-refractivity contribution in [3.8, 4) is 5.75 Å². The third-order valence-electron chi connectivity index (χ3n) is 4.88. The second-order valence-corrected chi connectivity index (χ2v) is 8.63. The number of carbonyl (C=O) groups excluding carboxylic acids is 1. The number of carbonyl (C=O) groups is 1. The molecule has 0 bridgehead atoms. The molecular weight excluding hydrogens is 416 g/mol. The molecule has 162 valence electrons. The molecule has 1 aromatic carbocycles. The average Bonchev–Trinajstić information content (AvgIpc) is 2.57. The van der Waals surface area contributed by atoms with Crippen LogP contribution >= 0.6 is 0 Å². The van der Waals surface area contributed by atoms with E-state index < -0.39 is 0 Å². The van der Waals surface area contributed by atoms with Crippen molar-refractivity contribution in [2.45, 2.75) is 65.7 Å². The topological polar surface area (TPSA) is 38.3 Å². The van der Waals surface area contributed by atoms with Crippen molar-refractivity contribution in [1.82, 2.24) is 5.32 Å². The Bertz CT molecular complexity index is 574. The average molecular weight is 457 g/mol. The van der Waals surface area contributed by atoms with Gasteiger partial charge in [0.25, 0.3) is 5.91 Å². The van der Waals surface area contributed by atoms with Gasteiger partial charge in [-0.2, -0.15) is 0 Å². The van der Waals surface area contributed by atoms with Crippen LogP contribution in [0.15, 0.2) is 18.2 Å². The van der Waals surface area contributed by atoms with Crippen molar-refractivity contribution < 1.29 is 31.0 Å². The van der Waals surface area contributed by atoms with Crippen LogP contribution in [-0.4, -0.2) is 50.7 Å². The van der Waals surface area contributed by atoms with Crippen LogP contribution in [-0.2, 0) is 4.79 Å². The Hall–Kier alpha value is -1.07. The van der Waals surface area contributed by atoms with Crippen LogP contribution in [0.25, 0.3) is 0 Å². The molecule has 1 amide bonds. The number of rotatable bonds is 13. The van der Waals surface area contributed by atoms with Gasteiger partial charge in [0.15, 0.2) is 6.54 Å². The largest absolute Gasteiger partial charge is 1.00 e. The zero-order valence-electron chi connectivity index (χ0n) is 18.8. The quantitative estimate of drug-likeness (QED) is 0.362. The highest BCUT2D eigenvalue weighted by molar-refractivity contribution is 5.76. The Kier molecular flexibility index (Phi) is 13.5. The van der Waals surface area contributed by atoms with Crippen LogP contribution in [0.2, 0.25) is 0 Å². The molecule has 4 nitrogen and oxygen atoms in total. The summed E-state index contributed by atoms with van der Waals surface area (Å²) in [4.78, 5) is 12.1. The molecule has 0 aliphatic heterocycles. The lowest BCUT2D eigenvalue weighted by atomic mass is 10.0. The Labute approximate surface area is 183 Å². The van der Waals surface area contributed by atoms with Crippen LogP contribution in [0.3, 0.4) is 0 Å². The lowest BCUT2D eigenvalue weighted by Crippen LogP contribution is -3.00. The second-order valence-electron chi connectivity index (χ2n) is 8.63. The first kappa shape index (κ1) is 26.9. The normalized spacial score (nSPS) is 11.2. The van der Waals surface area contributed by atoms with E-state index in [1.807, 2.05) is 0 Å². The number of likely N-dealkylation sites (N-methyl/N-ethyl adjacent to an activating group) is 1. The Morgan fingerprint density at radius 3 is 2.50 bits per heavy atom. The van der Waals surface area contributed by atoms with Crippen LogP contribution in [0.1, 0.15) is 69.9 Å². The molecule has 5 heteroatoms. The first-order valence-corrected chi connectivity index (χ1v) is 10.6.